The summed E-state index contributed by atoms with van der Waals surface area (Å²) < 4.78 is 1.47. The minimum atomic E-state index is -0.0402. The summed E-state index contributed by atoms with van der Waals surface area (Å²) in [4.78, 5) is 11.9. The highest BCUT2D eigenvalue weighted by atomic mass is 35.5. The highest BCUT2D eigenvalue weighted by Crippen LogP contribution is 2.06. The Bertz CT molecular complexity index is 524. The van der Waals surface area contributed by atoms with Gasteiger partial charge in [-0.3, -0.25) is 4.79 Å². The summed E-state index contributed by atoms with van der Waals surface area (Å²) in [5.74, 6) is 0. The van der Waals surface area contributed by atoms with Gasteiger partial charge in [-0.15, -0.1) is 12.4 Å². The highest BCUT2D eigenvalue weighted by Gasteiger charge is 2.01. The van der Waals surface area contributed by atoms with E-state index in [1.165, 1.54) is 4.68 Å². The molecule has 0 saturated carbocycles. The van der Waals surface area contributed by atoms with Gasteiger partial charge in [-0.1, -0.05) is 18.2 Å². The Balaban J connectivity index is 0.00000128. The third kappa shape index (κ3) is 2.40. The molecule has 5 heteroatoms. The summed E-state index contributed by atoms with van der Waals surface area (Å²) in [5.41, 5.74) is 5.36. The fourth-order valence-corrected chi connectivity index (χ4v) is 1.53. The van der Waals surface area contributed by atoms with Crippen LogP contribution in [0.3, 0.4) is 0 Å². The minimum absolute atomic E-state index is 0. The van der Waals surface area contributed by atoms with Crippen LogP contribution in [0, 0.1) is 0 Å². The van der Waals surface area contributed by atoms with E-state index in [0.717, 1.165) is 11.8 Å². The van der Waals surface area contributed by atoms with Crippen molar-refractivity contribution < 1.29 is 0 Å². The number of hydrogen-bond donors (Lipinski definition) is 1. The van der Waals surface area contributed by atoms with Crippen LogP contribution in [0.5, 0.6) is 0 Å². The second kappa shape index (κ2) is 5.63. The molecule has 2 rings (SSSR count). The number of nitrogens with two attached hydrogens (primary N) is 1. The second-order valence-electron chi connectivity index (χ2n) is 3.40. The molecule has 16 heavy (non-hydrogen) atoms. The number of aryl methyl sites for hydroxylation is 1. The first kappa shape index (κ1) is 12.7. The number of halogens is 1. The Morgan fingerprint density at radius 1 is 1.31 bits per heavy atom. The third-order valence-electron chi connectivity index (χ3n) is 2.34. The summed E-state index contributed by atoms with van der Waals surface area (Å²) >= 11 is 0. The number of nitrogens with zero attached hydrogens (tertiary/aromatic N) is 2. The predicted molar refractivity (Wildman–Crippen MR) is 66.9 cm³/mol. The molecule has 1 aromatic heterocycles. The largest absolute Gasteiger partial charge is 0.330 e. The lowest BCUT2D eigenvalue weighted by molar-refractivity contribution is 0.559. The van der Waals surface area contributed by atoms with Crippen LogP contribution in [0.1, 0.15) is 6.42 Å². The Morgan fingerprint density at radius 3 is 2.81 bits per heavy atom. The van der Waals surface area contributed by atoms with E-state index in [1.54, 1.807) is 6.20 Å². The second-order valence-corrected chi connectivity index (χ2v) is 3.40. The maximum Gasteiger partial charge on any atom is 0.274 e. The first-order valence-corrected chi connectivity index (χ1v) is 4.98. The van der Waals surface area contributed by atoms with Crippen LogP contribution in [-0.4, -0.2) is 16.3 Å². The van der Waals surface area contributed by atoms with Crippen molar-refractivity contribution in [2.75, 3.05) is 6.54 Å². The molecular weight excluding hydrogens is 226 g/mol. The standard InChI is InChI=1S/C11H13N3O.ClH/c12-6-3-7-14-11(15)10-5-2-1-4-9(10)8-13-14;/h1-2,4-5,8H,3,6-7,12H2;1H. The van der Waals surface area contributed by atoms with Crippen LogP contribution < -0.4 is 11.3 Å². The average molecular weight is 240 g/mol. The van der Waals surface area contributed by atoms with Gasteiger partial charge in [0.25, 0.3) is 5.56 Å². The van der Waals surface area contributed by atoms with Crippen molar-refractivity contribution in [1.82, 2.24) is 9.78 Å². The van der Waals surface area contributed by atoms with Crippen LogP contribution in [-0.2, 0) is 6.54 Å². The van der Waals surface area contributed by atoms with Gasteiger partial charge in [-0.25, -0.2) is 4.68 Å². The first-order valence-electron chi connectivity index (χ1n) is 4.98. The molecule has 2 aromatic rings. The van der Waals surface area contributed by atoms with Crippen molar-refractivity contribution in [3.05, 3.63) is 40.8 Å². The third-order valence-corrected chi connectivity index (χ3v) is 2.34. The molecule has 0 atom stereocenters. The molecule has 0 fully saturated rings. The zero-order valence-electron chi connectivity index (χ0n) is 8.80. The topological polar surface area (TPSA) is 60.9 Å². The van der Waals surface area contributed by atoms with Gasteiger partial charge in [0, 0.05) is 11.9 Å². The predicted octanol–water partition coefficient (Wildman–Crippen LogP) is 1.17. The van der Waals surface area contributed by atoms with Gasteiger partial charge in [-0.2, -0.15) is 5.10 Å². The van der Waals surface area contributed by atoms with E-state index < -0.39 is 0 Å². The van der Waals surface area contributed by atoms with E-state index in [2.05, 4.69) is 5.10 Å². The molecule has 1 heterocycles. The summed E-state index contributed by atoms with van der Waals surface area (Å²) in [6.45, 7) is 1.15. The van der Waals surface area contributed by atoms with E-state index in [1.807, 2.05) is 24.3 Å². The molecule has 0 radical (unpaired) electrons. The van der Waals surface area contributed by atoms with Crippen LogP contribution in [0.25, 0.3) is 10.8 Å². The van der Waals surface area contributed by atoms with Gasteiger partial charge in [0.2, 0.25) is 0 Å². The Kier molecular flexibility index (Phi) is 4.46. The number of hydrogen-bond acceptors (Lipinski definition) is 3. The SMILES string of the molecule is Cl.NCCCn1ncc2ccccc2c1=O. The fraction of sp³-hybridized carbons (Fsp3) is 0.273. The normalized spacial score (nSPS) is 10.1. The molecule has 1 aromatic carbocycles. The molecular formula is C11H14ClN3O. The lowest BCUT2D eigenvalue weighted by Gasteiger charge is -2.04. The van der Waals surface area contributed by atoms with Crippen molar-refractivity contribution in [2.45, 2.75) is 13.0 Å². The summed E-state index contributed by atoms with van der Waals surface area (Å²) in [6.07, 6.45) is 2.48. The van der Waals surface area contributed by atoms with E-state index in [-0.39, 0.29) is 18.0 Å². The maximum atomic E-state index is 11.9. The van der Waals surface area contributed by atoms with Crippen LogP contribution in [0.15, 0.2) is 35.3 Å². The molecule has 0 aliphatic carbocycles. The van der Waals surface area contributed by atoms with Crippen LogP contribution in [0.2, 0.25) is 0 Å². The summed E-state index contributed by atoms with van der Waals surface area (Å²) in [7, 11) is 0. The molecule has 0 bridgehead atoms. The zero-order chi connectivity index (χ0) is 10.7. The maximum absolute atomic E-state index is 11.9. The molecule has 0 aliphatic heterocycles. The monoisotopic (exact) mass is 239 g/mol. The summed E-state index contributed by atoms with van der Waals surface area (Å²) in [5, 5.41) is 5.69. The molecule has 0 saturated heterocycles. The number of benzene rings is 1. The minimum Gasteiger partial charge on any atom is -0.330 e. The van der Waals surface area contributed by atoms with Gasteiger partial charge in [0.05, 0.1) is 11.6 Å². The van der Waals surface area contributed by atoms with Gasteiger partial charge in [0.1, 0.15) is 0 Å². The zero-order valence-corrected chi connectivity index (χ0v) is 9.61. The fourth-order valence-electron chi connectivity index (χ4n) is 1.53. The smallest absolute Gasteiger partial charge is 0.274 e. The Morgan fingerprint density at radius 2 is 2.06 bits per heavy atom. The molecule has 2 N–H and O–H groups in total. The first-order chi connectivity index (χ1) is 7.33. The Hall–Kier alpha value is -1.39. The van der Waals surface area contributed by atoms with Gasteiger partial charge < -0.3 is 5.73 Å². The molecule has 0 unspecified atom stereocenters. The lowest BCUT2D eigenvalue weighted by atomic mass is 10.2. The van der Waals surface area contributed by atoms with Crippen LogP contribution in [0.4, 0.5) is 0 Å². The van der Waals surface area contributed by atoms with E-state index in [0.29, 0.717) is 18.5 Å². The molecule has 86 valence electrons. The van der Waals surface area contributed by atoms with Crippen molar-refractivity contribution in [2.24, 2.45) is 5.73 Å². The van der Waals surface area contributed by atoms with Crippen molar-refractivity contribution in [3.63, 3.8) is 0 Å². The highest BCUT2D eigenvalue weighted by molar-refractivity contribution is 5.85. The van der Waals surface area contributed by atoms with Crippen molar-refractivity contribution >= 4 is 23.2 Å². The van der Waals surface area contributed by atoms with Crippen molar-refractivity contribution in [1.29, 1.82) is 0 Å². The Labute approximate surface area is 99.5 Å². The number of rotatable bonds is 3. The van der Waals surface area contributed by atoms with Crippen molar-refractivity contribution in [3.8, 4) is 0 Å². The van der Waals surface area contributed by atoms with E-state index in [4.69, 9.17) is 5.73 Å². The molecule has 0 amide bonds. The number of fused-ring (bicyclic) bond motifs is 1. The van der Waals surface area contributed by atoms with Gasteiger partial charge in [0.15, 0.2) is 0 Å². The summed E-state index contributed by atoms with van der Waals surface area (Å²) in [6, 6.07) is 7.46. The van der Waals surface area contributed by atoms with E-state index in [9.17, 15) is 4.79 Å². The number of aromatic nitrogens is 2. The van der Waals surface area contributed by atoms with Gasteiger partial charge in [-0.05, 0) is 19.0 Å². The molecule has 0 spiro atoms. The quantitative estimate of drug-likeness (QED) is 0.875. The lowest BCUT2D eigenvalue weighted by Crippen LogP contribution is -2.23. The van der Waals surface area contributed by atoms with Gasteiger partial charge >= 0.3 is 0 Å². The molecule has 0 aliphatic rings. The van der Waals surface area contributed by atoms with Crippen LogP contribution >= 0.6 is 12.4 Å². The van der Waals surface area contributed by atoms with E-state index >= 15 is 0 Å². The molecule has 4 nitrogen and oxygen atoms in total. The average Bonchev–Trinajstić information content (AvgIpc) is 2.29.